The van der Waals surface area contributed by atoms with Gasteiger partial charge in [-0.25, -0.2) is 4.57 Å². The molecular formula is C30H59O10P. The molecule has 0 aliphatic heterocycles. The van der Waals surface area contributed by atoms with E-state index >= 15 is 0 Å². The summed E-state index contributed by atoms with van der Waals surface area (Å²) in [6.45, 7) is 1.89. The van der Waals surface area contributed by atoms with E-state index in [2.05, 4.69) is 6.92 Å². The maximum atomic E-state index is 12.1. The average molecular weight is 611 g/mol. The predicted molar refractivity (Wildman–Crippen MR) is 159 cm³/mol. The van der Waals surface area contributed by atoms with Crippen molar-refractivity contribution in [1.29, 1.82) is 0 Å². The van der Waals surface area contributed by atoms with Crippen molar-refractivity contribution < 1.29 is 47.8 Å². The Morgan fingerprint density at radius 1 is 0.561 bits per heavy atom. The Morgan fingerprint density at radius 3 is 1.22 bits per heavy atom. The summed E-state index contributed by atoms with van der Waals surface area (Å²) < 4.78 is 31.8. The molecule has 0 aromatic heterocycles. The number of hydrogen-bond donors (Lipinski definition) is 3. The SMILES string of the molecule is CCCCCCCCCCCCCCCCCCC(=O)OC(CO)COP(=O)(O)OCC(CO)OC(=O)CCCC. The van der Waals surface area contributed by atoms with E-state index in [4.69, 9.17) is 18.5 Å². The minimum Gasteiger partial charge on any atom is -0.457 e. The van der Waals surface area contributed by atoms with Crippen LogP contribution >= 0.6 is 7.82 Å². The van der Waals surface area contributed by atoms with Gasteiger partial charge in [0.05, 0.1) is 26.4 Å². The second kappa shape index (κ2) is 27.8. The lowest BCUT2D eigenvalue weighted by Gasteiger charge is -2.20. The normalized spacial score (nSPS) is 14.4. The molecule has 0 saturated carbocycles. The zero-order valence-corrected chi connectivity index (χ0v) is 26.7. The summed E-state index contributed by atoms with van der Waals surface area (Å²) in [7, 11) is -4.59. The molecule has 0 spiro atoms. The minimum absolute atomic E-state index is 0.170. The highest BCUT2D eigenvalue weighted by Gasteiger charge is 2.27. The molecule has 3 unspecified atom stereocenters. The minimum atomic E-state index is -4.59. The van der Waals surface area contributed by atoms with Crippen molar-refractivity contribution in [2.45, 2.75) is 154 Å². The molecule has 0 aliphatic rings. The van der Waals surface area contributed by atoms with E-state index in [9.17, 15) is 29.3 Å². The average Bonchev–Trinajstić information content (AvgIpc) is 2.96. The number of unbranched alkanes of at least 4 members (excludes halogenated alkanes) is 16. The Morgan fingerprint density at radius 2 is 0.878 bits per heavy atom. The number of aliphatic hydroxyl groups is 2. The lowest BCUT2D eigenvalue weighted by Crippen LogP contribution is -2.28. The zero-order valence-electron chi connectivity index (χ0n) is 25.8. The first-order valence-electron chi connectivity index (χ1n) is 16.0. The summed E-state index contributed by atoms with van der Waals surface area (Å²) in [6, 6.07) is 0. The van der Waals surface area contributed by atoms with E-state index < -0.39 is 58.4 Å². The number of ether oxygens (including phenoxy) is 2. The van der Waals surface area contributed by atoms with Crippen LogP contribution in [0.25, 0.3) is 0 Å². The molecule has 41 heavy (non-hydrogen) atoms. The van der Waals surface area contributed by atoms with Crippen LogP contribution in [0.4, 0.5) is 0 Å². The molecular weight excluding hydrogens is 551 g/mol. The lowest BCUT2D eigenvalue weighted by atomic mass is 10.0. The number of carbonyl (C=O) groups excluding carboxylic acids is 2. The Hall–Kier alpha value is -1.03. The van der Waals surface area contributed by atoms with Crippen LogP contribution < -0.4 is 0 Å². The fourth-order valence-corrected chi connectivity index (χ4v) is 5.05. The molecule has 0 aromatic carbocycles. The summed E-state index contributed by atoms with van der Waals surface area (Å²) in [5.41, 5.74) is 0. The highest BCUT2D eigenvalue weighted by Crippen LogP contribution is 2.43. The maximum absolute atomic E-state index is 12.1. The molecule has 11 heteroatoms. The summed E-state index contributed by atoms with van der Waals surface area (Å²) in [4.78, 5) is 33.6. The van der Waals surface area contributed by atoms with Gasteiger partial charge in [0.15, 0.2) is 0 Å². The standard InChI is InChI=1S/C30H59O10P/c1-3-5-7-8-9-10-11-12-13-14-15-16-17-18-19-20-22-30(34)40-28(24-32)26-38-41(35,36)37-25-27(23-31)39-29(33)21-6-4-2/h27-28,31-32H,3-26H2,1-2H3,(H,35,36). The summed E-state index contributed by atoms with van der Waals surface area (Å²) in [5, 5.41) is 18.8. The molecule has 3 atom stereocenters. The van der Waals surface area contributed by atoms with Crippen LogP contribution in [0.15, 0.2) is 0 Å². The van der Waals surface area contributed by atoms with Crippen molar-refractivity contribution in [3.63, 3.8) is 0 Å². The van der Waals surface area contributed by atoms with E-state index in [1.807, 2.05) is 6.92 Å². The highest BCUT2D eigenvalue weighted by molar-refractivity contribution is 7.47. The number of phosphoric ester groups is 1. The van der Waals surface area contributed by atoms with Crippen LogP contribution in [-0.2, 0) is 32.7 Å². The Labute approximate surface area is 248 Å². The van der Waals surface area contributed by atoms with Crippen molar-refractivity contribution in [2.24, 2.45) is 0 Å². The predicted octanol–water partition coefficient (Wildman–Crippen LogP) is 6.77. The van der Waals surface area contributed by atoms with Crippen molar-refractivity contribution in [1.82, 2.24) is 0 Å². The lowest BCUT2D eigenvalue weighted by molar-refractivity contribution is -0.153. The molecule has 0 heterocycles. The van der Waals surface area contributed by atoms with Crippen LogP contribution in [0, 0.1) is 0 Å². The summed E-state index contributed by atoms with van der Waals surface area (Å²) in [5.74, 6) is -1.05. The highest BCUT2D eigenvalue weighted by atomic mass is 31.2. The Bertz CT molecular complexity index is 676. The number of aliphatic hydroxyl groups excluding tert-OH is 2. The third kappa shape index (κ3) is 26.3. The van der Waals surface area contributed by atoms with Gasteiger partial charge in [-0.2, -0.15) is 0 Å². The largest absolute Gasteiger partial charge is 0.472 e. The van der Waals surface area contributed by atoms with Crippen molar-refractivity contribution in [2.75, 3.05) is 26.4 Å². The van der Waals surface area contributed by atoms with Crippen LogP contribution in [0.3, 0.4) is 0 Å². The Kier molecular flexibility index (Phi) is 27.1. The second-order valence-corrected chi connectivity index (χ2v) is 12.3. The van der Waals surface area contributed by atoms with Crippen LogP contribution in [-0.4, -0.2) is 65.7 Å². The molecule has 0 radical (unpaired) electrons. The molecule has 0 bridgehead atoms. The first-order chi connectivity index (χ1) is 19.8. The molecule has 0 amide bonds. The maximum Gasteiger partial charge on any atom is 0.472 e. The monoisotopic (exact) mass is 610 g/mol. The van der Waals surface area contributed by atoms with Gasteiger partial charge in [-0.3, -0.25) is 18.6 Å². The van der Waals surface area contributed by atoms with Gasteiger partial charge in [0.2, 0.25) is 0 Å². The molecule has 10 nitrogen and oxygen atoms in total. The van der Waals surface area contributed by atoms with E-state index in [0.29, 0.717) is 12.8 Å². The van der Waals surface area contributed by atoms with Gasteiger partial charge in [0.1, 0.15) is 12.2 Å². The fraction of sp³-hybridized carbons (Fsp3) is 0.933. The molecule has 0 saturated heterocycles. The molecule has 0 aliphatic carbocycles. The van der Waals surface area contributed by atoms with Crippen molar-refractivity contribution in [3.05, 3.63) is 0 Å². The number of rotatable bonds is 30. The van der Waals surface area contributed by atoms with E-state index in [1.54, 1.807) is 0 Å². The quantitative estimate of drug-likeness (QED) is 0.0452. The molecule has 0 fully saturated rings. The first-order valence-corrected chi connectivity index (χ1v) is 17.5. The third-order valence-corrected chi connectivity index (χ3v) is 7.77. The van der Waals surface area contributed by atoms with Gasteiger partial charge in [0, 0.05) is 12.8 Å². The Balaban J connectivity index is 3.86. The van der Waals surface area contributed by atoms with Crippen LogP contribution in [0.1, 0.15) is 142 Å². The number of esters is 2. The van der Waals surface area contributed by atoms with E-state index in [0.717, 1.165) is 25.7 Å². The van der Waals surface area contributed by atoms with E-state index in [-0.39, 0.29) is 12.8 Å². The summed E-state index contributed by atoms with van der Waals surface area (Å²) in [6.07, 6.45) is 19.4. The van der Waals surface area contributed by atoms with Crippen LogP contribution in [0.5, 0.6) is 0 Å². The van der Waals surface area contributed by atoms with Crippen molar-refractivity contribution >= 4 is 19.8 Å². The van der Waals surface area contributed by atoms with Crippen LogP contribution in [0.2, 0.25) is 0 Å². The molecule has 3 N–H and O–H groups in total. The fourth-order valence-electron chi connectivity index (χ4n) is 4.27. The van der Waals surface area contributed by atoms with E-state index in [1.165, 1.54) is 77.0 Å². The molecule has 244 valence electrons. The van der Waals surface area contributed by atoms with Gasteiger partial charge < -0.3 is 24.6 Å². The van der Waals surface area contributed by atoms with Gasteiger partial charge in [-0.1, -0.05) is 117 Å². The van der Waals surface area contributed by atoms with Gasteiger partial charge in [0.25, 0.3) is 0 Å². The van der Waals surface area contributed by atoms with Crippen molar-refractivity contribution in [3.8, 4) is 0 Å². The van der Waals surface area contributed by atoms with Gasteiger partial charge in [-0.05, 0) is 12.8 Å². The first kappa shape index (κ1) is 40.0. The third-order valence-electron chi connectivity index (χ3n) is 6.82. The number of phosphoric acid groups is 1. The smallest absolute Gasteiger partial charge is 0.457 e. The molecule has 0 rings (SSSR count). The zero-order chi connectivity index (χ0) is 30.6. The van der Waals surface area contributed by atoms with Gasteiger partial charge in [-0.15, -0.1) is 0 Å². The number of hydrogen-bond acceptors (Lipinski definition) is 9. The second-order valence-electron chi connectivity index (χ2n) is 10.8. The number of carbonyl (C=O) groups is 2. The topological polar surface area (TPSA) is 149 Å². The summed E-state index contributed by atoms with van der Waals surface area (Å²) >= 11 is 0. The molecule has 0 aromatic rings. The van der Waals surface area contributed by atoms with Gasteiger partial charge >= 0.3 is 19.8 Å².